The van der Waals surface area contributed by atoms with Crippen molar-refractivity contribution in [1.82, 2.24) is 0 Å². The van der Waals surface area contributed by atoms with Crippen LogP contribution in [0.15, 0.2) is 0 Å². The van der Waals surface area contributed by atoms with Gasteiger partial charge >= 0.3 is 0 Å². The lowest BCUT2D eigenvalue weighted by Gasteiger charge is -2.48. The van der Waals surface area contributed by atoms with Gasteiger partial charge in [-0.1, -0.05) is 0 Å². The number of hydrogen-bond donors (Lipinski definition) is 5. The number of ether oxygens (including phenoxy) is 9. The Hall–Kier alpha value is -0.560. The second kappa shape index (κ2) is 12.8. The van der Waals surface area contributed by atoms with Crippen LogP contribution in [0.4, 0.5) is 0 Å². The van der Waals surface area contributed by atoms with Gasteiger partial charge in [0.1, 0.15) is 61.0 Å². The van der Waals surface area contributed by atoms with E-state index >= 15 is 0 Å². The summed E-state index contributed by atoms with van der Waals surface area (Å²) in [6.45, 7) is 1.41. The first kappa shape index (κ1) is 29.0. The molecule has 0 saturated carbocycles. The Kier molecular flexibility index (Phi) is 10.6. The third-order valence-corrected chi connectivity index (χ3v) is 6.53. The molecule has 3 fully saturated rings. The summed E-state index contributed by atoms with van der Waals surface area (Å²) >= 11 is 0. The van der Waals surface area contributed by atoms with Crippen molar-refractivity contribution in [2.45, 2.75) is 92.9 Å². The Morgan fingerprint density at radius 2 is 1.29 bits per heavy atom. The molecular weight excluding hydrogens is 476 g/mol. The van der Waals surface area contributed by atoms with E-state index < -0.39 is 86.0 Å². The van der Waals surface area contributed by atoms with Crippen LogP contribution in [0, 0.1) is 0 Å². The molecule has 0 amide bonds. The molecule has 0 aliphatic carbocycles. The largest absolute Gasteiger partial charge is 0.388 e. The Balaban J connectivity index is 1.75. The van der Waals surface area contributed by atoms with Gasteiger partial charge in [-0.25, -0.2) is 0 Å². The maximum atomic E-state index is 11.1. The highest BCUT2D eigenvalue weighted by Gasteiger charge is 2.52. The number of hydrogen-bond acceptors (Lipinski definition) is 14. The van der Waals surface area contributed by atoms with Crippen LogP contribution in [0.1, 0.15) is 6.92 Å². The molecule has 3 saturated heterocycles. The molecule has 0 bridgehead atoms. The van der Waals surface area contributed by atoms with E-state index in [0.717, 1.165) is 0 Å². The van der Waals surface area contributed by atoms with E-state index in [1.54, 1.807) is 6.92 Å². The number of aliphatic hydroxyl groups is 5. The zero-order valence-corrected chi connectivity index (χ0v) is 20.4. The summed E-state index contributed by atoms with van der Waals surface area (Å²) in [5, 5.41) is 52.1. The number of methoxy groups -OCH3 is 4. The monoisotopic (exact) mass is 514 g/mol. The van der Waals surface area contributed by atoms with E-state index in [2.05, 4.69) is 0 Å². The molecule has 0 radical (unpaired) electrons. The Morgan fingerprint density at radius 3 is 1.89 bits per heavy atom. The molecule has 206 valence electrons. The summed E-state index contributed by atoms with van der Waals surface area (Å²) in [4.78, 5) is 0. The lowest BCUT2D eigenvalue weighted by molar-refractivity contribution is -0.387. The molecule has 14 atom stereocenters. The van der Waals surface area contributed by atoms with Crippen LogP contribution in [-0.4, -0.2) is 153 Å². The van der Waals surface area contributed by atoms with E-state index in [1.165, 1.54) is 28.4 Å². The van der Waals surface area contributed by atoms with E-state index in [0.29, 0.717) is 0 Å². The zero-order chi connectivity index (χ0) is 25.9. The minimum atomic E-state index is -1.47. The van der Waals surface area contributed by atoms with Gasteiger partial charge in [0.2, 0.25) is 0 Å². The summed E-state index contributed by atoms with van der Waals surface area (Å²) in [6, 6.07) is 0. The van der Waals surface area contributed by atoms with Crippen molar-refractivity contribution >= 4 is 0 Å². The van der Waals surface area contributed by atoms with Crippen LogP contribution in [-0.2, 0) is 42.6 Å². The van der Waals surface area contributed by atoms with Crippen LogP contribution < -0.4 is 0 Å². The van der Waals surface area contributed by atoms with Crippen LogP contribution >= 0.6 is 0 Å². The summed E-state index contributed by atoms with van der Waals surface area (Å²) in [6.07, 6.45) is -15.8. The molecule has 0 aromatic carbocycles. The smallest absolute Gasteiger partial charge is 0.190 e. The van der Waals surface area contributed by atoms with Gasteiger partial charge in [-0.2, -0.15) is 0 Å². The van der Waals surface area contributed by atoms with Crippen LogP contribution in [0.5, 0.6) is 0 Å². The van der Waals surface area contributed by atoms with Gasteiger partial charge in [0, 0.05) is 28.4 Å². The highest BCUT2D eigenvalue weighted by atomic mass is 16.8. The summed E-state index contributed by atoms with van der Waals surface area (Å²) in [5.41, 5.74) is 0. The SMILES string of the molecule is COC[C@H]1O[C@@H](O[C@@H]2OC[C@H](O)[C@@H](O)[C@H]2OC)[C@@H](OC)[C@@H](O)[C@@H]1O[C@@H]1O[C@H](C)[C@H](OC)[C@H](O)[C@H]1O. The predicted octanol–water partition coefficient (Wildman–Crippen LogP) is -3.29. The topological polar surface area (TPSA) is 184 Å². The molecule has 3 aliphatic heterocycles. The van der Waals surface area contributed by atoms with Gasteiger partial charge in [0.05, 0.1) is 19.3 Å². The first-order chi connectivity index (χ1) is 16.7. The van der Waals surface area contributed by atoms with Gasteiger partial charge in [-0.05, 0) is 6.92 Å². The first-order valence-corrected chi connectivity index (χ1v) is 11.4. The zero-order valence-electron chi connectivity index (χ0n) is 20.4. The van der Waals surface area contributed by atoms with Crippen LogP contribution in [0.2, 0.25) is 0 Å². The second-order valence-electron chi connectivity index (χ2n) is 8.78. The third kappa shape index (κ3) is 6.13. The van der Waals surface area contributed by atoms with Crippen molar-refractivity contribution in [3.63, 3.8) is 0 Å². The lowest BCUT2D eigenvalue weighted by atomic mass is 9.97. The maximum absolute atomic E-state index is 11.1. The highest BCUT2D eigenvalue weighted by molar-refractivity contribution is 4.95. The van der Waals surface area contributed by atoms with Gasteiger partial charge < -0.3 is 68.2 Å². The van der Waals surface area contributed by atoms with Gasteiger partial charge in [-0.3, -0.25) is 0 Å². The Morgan fingerprint density at radius 1 is 0.657 bits per heavy atom. The van der Waals surface area contributed by atoms with E-state index in [1.807, 2.05) is 0 Å². The van der Waals surface area contributed by atoms with Gasteiger partial charge in [0.25, 0.3) is 0 Å². The highest BCUT2D eigenvalue weighted by Crippen LogP contribution is 2.33. The van der Waals surface area contributed by atoms with E-state index in [-0.39, 0.29) is 13.2 Å². The minimum Gasteiger partial charge on any atom is -0.388 e. The molecule has 5 N–H and O–H groups in total. The average Bonchev–Trinajstić information content (AvgIpc) is 2.82. The summed E-state index contributed by atoms with van der Waals surface area (Å²) in [5.74, 6) is 0. The Bertz CT molecular complexity index is 639. The maximum Gasteiger partial charge on any atom is 0.190 e. The van der Waals surface area contributed by atoms with E-state index in [4.69, 9.17) is 42.6 Å². The molecule has 35 heavy (non-hydrogen) atoms. The van der Waals surface area contributed by atoms with Crippen molar-refractivity contribution in [3.05, 3.63) is 0 Å². The molecule has 14 nitrogen and oxygen atoms in total. The normalized spacial score (nSPS) is 49.2. The lowest BCUT2D eigenvalue weighted by Crippen LogP contribution is -2.65. The quantitative estimate of drug-likeness (QED) is 0.206. The predicted molar refractivity (Wildman–Crippen MR) is 113 cm³/mol. The third-order valence-electron chi connectivity index (χ3n) is 6.53. The molecule has 14 heteroatoms. The standard InChI is InChI=1S/C21H38O14/c1-8-15(28-3)12(24)13(25)19(32-8)34-16-10(7-27-2)33-21(18(30-5)14(16)26)35-20-17(29-4)11(23)9(22)6-31-20/h8-26H,6-7H2,1-5H3/t8-,9+,10-,11-,12-,13-,14+,15+,16-,17-,18+,19+,20+,21+/m1/s1. The molecular formula is C21H38O14. The number of aliphatic hydroxyl groups excluding tert-OH is 5. The van der Waals surface area contributed by atoms with Gasteiger partial charge in [0.15, 0.2) is 18.9 Å². The van der Waals surface area contributed by atoms with E-state index in [9.17, 15) is 25.5 Å². The van der Waals surface area contributed by atoms with Crippen LogP contribution in [0.25, 0.3) is 0 Å². The van der Waals surface area contributed by atoms with Crippen molar-refractivity contribution in [2.75, 3.05) is 41.7 Å². The van der Waals surface area contributed by atoms with Gasteiger partial charge in [-0.15, -0.1) is 0 Å². The van der Waals surface area contributed by atoms with Crippen molar-refractivity contribution in [1.29, 1.82) is 0 Å². The molecule has 0 aromatic rings. The number of rotatable bonds is 9. The molecule has 0 spiro atoms. The summed E-state index contributed by atoms with van der Waals surface area (Å²) < 4.78 is 49.9. The second-order valence-corrected chi connectivity index (χ2v) is 8.78. The Labute approximate surface area is 203 Å². The molecule has 3 rings (SSSR count). The molecule has 3 heterocycles. The summed E-state index contributed by atoms with van der Waals surface area (Å²) in [7, 11) is 5.47. The molecule has 0 unspecified atom stereocenters. The first-order valence-electron chi connectivity index (χ1n) is 11.4. The molecule has 3 aliphatic rings. The van der Waals surface area contributed by atoms with Crippen molar-refractivity contribution < 1.29 is 68.2 Å². The average molecular weight is 515 g/mol. The minimum absolute atomic E-state index is 0.0415. The molecule has 0 aromatic heterocycles. The van der Waals surface area contributed by atoms with Crippen molar-refractivity contribution in [2.24, 2.45) is 0 Å². The van der Waals surface area contributed by atoms with Crippen molar-refractivity contribution in [3.8, 4) is 0 Å². The fourth-order valence-corrected chi connectivity index (χ4v) is 4.59. The fourth-order valence-electron chi connectivity index (χ4n) is 4.59. The fraction of sp³-hybridized carbons (Fsp3) is 1.00. The van der Waals surface area contributed by atoms with Crippen LogP contribution in [0.3, 0.4) is 0 Å².